The van der Waals surface area contributed by atoms with Crippen LogP contribution in [0.5, 0.6) is 0 Å². The number of sulfonamides is 2. The number of nitrogens with one attached hydrogen (secondary N) is 1. The summed E-state index contributed by atoms with van der Waals surface area (Å²) in [6, 6.07) is 8.58. The van der Waals surface area contributed by atoms with E-state index >= 15 is 0 Å². The van der Waals surface area contributed by atoms with Gasteiger partial charge in [-0.2, -0.15) is 8.61 Å². The molecule has 3 aromatic carbocycles. The minimum atomic E-state index is -3.84. The Labute approximate surface area is 224 Å². The number of rotatable bonds is 14. The topological polar surface area (TPSA) is 136 Å². The molecule has 0 atom stereocenters. The Balaban J connectivity index is 2.30. The van der Waals surface area contributed by atoms with E-state index in [1.807, 2.05) is 27.7 Å². The lowest BCUT2D eigenvalue weighted by Crippen LogP contribution is -2.32. The number of nitrogens with zero attached hydrogens (tertiary/aromatic N) is 3. The second-order valence-electron chi connectivity index (χ2n) is 9.15. The number of hydrogen-bond acceptors (Lipinski definition) is 8. The van der Waals surface area contributed by atoms with Gasteiger partial charge >= 0.3 is 0 Å². The van der Waals surface area contributed by atoms with Gasteiger partial charge in [-0.05, 0) is 55.1 Å². The normalized spacial score (nSPS) is 12.6. The average molecular weight is 565 g/mol. The first kappa shape index (κ1) is 29.9. The van der Waals surface area contributed by atoms with Gasteiger partial charge < -0.3 is 0 Å². The van der Waals surface area contributed by atoms with E-state index in [1.165, 1.54) is 45.0 Å². The Bertz CT molecular complexity index is 1510. The Morgan fingerprint density at radius 2 is 1.11 bits per heavy atom. The fourth-order valence-corrected chi connectivity index (χ4v) is 8.01. The highest BCUT2D eigenvalue weighted by Crippen LogP contribution is 2.43. The van der Waals surface area contributed by atoms with Crippen LogP contribution in [-0.4, -0.2) is 56.8 Å². The molecule has 0 saturated carbocycles. The van der Waals surface area contributed by atoms with Gasteiger partial charge in [-0.3, -0.25) is 10.7 Å². The average Bonchev–Trinajstić information content (AvgIpc) is 2.90. The molecular formula is C26H36N4O6S2. The molecule has 0 bridgehead atoms. The number of benzene rings is 3. The molecule has 0 unspecified atom stereocenters. The summed E-state index contributed by atoms with van der Waals surface area (Å²) >= 11 is 0. The van der Waals surface area contributed by atoms with Crippen LogP contribution >= 0.6 is 0 Å². The van der Waals surface area contributed by atoms with Gasteiger partial charge in [0.05, 0.1) is 15.5 Å². The standard InChI is InChI=1S/C26H36N4O6S2/c1-5-13-29(14-6-2)37(33,34)19-9-11-21-23(17-19)25(27-31)22-12-10-20(18-24(22)26(21)28-32)38(35,36)30(15-7-3)16-8-4/h9-12,17-18,27,31H,5-8,13-16H2,1-4H3. The van der Waals surface area contributed by atoms with Crippen LogP contribution in [-0.2, 0) is 20.0 Å². The summed E-state index contributed by atoms with van der Waals surface area (Å²) in [5, 5.41) is 14.4. The number of hydrogen-bond donors (Lipinski definition) is 2. The first-order chi connectivity index (χ1) is 18.1. The SMILES string of the molecule is CCCN(CCC)S(=O)(=O)c1ccc2c(NO)c3cc(S(=O)(=O)N(CCC)CCC)ccc3c(N=O)c2c1. The van der Waals surface area contributed by atoms with Crippen molar-refractivity contribution in [2.24, 2.45) is 5.18 Å². The van der Waals surface area contributed by atoms with E-state index in [0.29, 0.717) is 57.2 Å². The first-order valence-corrected chi connectivity index (χ1v) is 15.8. The molecule has 12 heteroatoms. The highest BCUT2D eigenvalue weighted by atomic mass is 32.2. The highest BCUT2D eigenvalue weighted by molar-refractivity contribution is 7.89. The van der Waals surface area contributed by atoms with Crippen molar-refractivity contribution in [1.82, 2.24) is 8.61 Å². The molecule has 2 N–H and O–H groups in total. The van der Waals surface area contributed by atoms with Crippen LogP contribution in [0.25, 0.3) is 21.5 Å². The van der Waals surface area contributed by atoms with Gasteiger partial charge in [0.2, 0.25) is 20.0 Å². The zero-order valence-corrected chi connectivity index (χ0v) is 23.9. The smallest absolute Gasteiger partial charge is 0.243 e. The van der Waals surface area contributed by atoms with E-state index in [1.54, 1.807) is 0 Å². The molecule has 0 fully saturated rings. The first-order valence-electron chi connectivity index (χ1n) is 12.9. The molecule has 0 heterocycles. The van der Waals surface area contributed by atoms with Crippen molar-refractivity contribution < 1.29 is 22.0 Å². The van der Waals surface area contributed by atoms with Crippen molar-refractivity contribution in [3.63, 3.8) is 0 Å². The Kier molecular flexibility index (Phi) is 9.82. The summed E-state index contributed by atoms with van der Waals surface area (Å²) in [5.74, 6) is 0. The van der Waals surface area contributed by atoms with Crippen LogP contribution in [0.15, 0.2) is 51.4 Å². The van der Waals surface area contributed by atoms with Gasteiger partial charge in [0, 0.05) is 47.7 Å². The van der Waals surface area contributed by atoms with Crippen molar-refractivity contribution in [3.05, 3.63) is 41.3 Å². The van der Waals surface area contributed by atoms with Crippen LogP contribution < -0.4 is 5.48 Å². The molecule has 0 radical (unpaired) electrons. The van der Waals surface area contributed by atoms with E-state index in [4.69, 9.17) is 0 Å². The minimum absolute atomic E-state index is 0.00834. The minimum Gasteiger partial charge on any atom is -0.291 e. The molecule has 0 aliphatic carbocycles. The lowest BCUT2D eigenvalue weighted by Gasteiger charge is -2.22. The van der Waals surface area contributed by atoms with Gasteiger partial charge in [-0.25, -0.2) is 16.8 Å². The third-order valence-corrected chi connectivity index (χ3v) is 10.2. The number of nitroso groups, excluding NO2 is 1. The van der Waals surface area contributed by atoms with E-state index in [2.05, 4.69) is 10.7 Å². The number of fused-ring (bicyclic) bond motifs is 2. The van der Waals surface area contributed by atoms with Crippen molar-refractivity contribution >= 4 is 53.0 Å². The second kappa shape index (κ2) is 12.5. The Morgan fingerprint density at radius 1 is 0.684 bits per heavy atom. The molecule has 0 spiro atoms. The maximum absolute atomic E-state index is 13.4. The van der Waals surface area contributed by atoms with E-state index in [0.717, 1.165) is 0 Å². The maximum atomic E-state index is 13.4. The monoisotopic (exact) mass is 564 g/mol. The molecule has 3 aromatic rings. The molecule has 38 heavy (non-hydrogen) atoms. The van der Waals surface area contributed by atoms with Crippen LogP contribution in [0.4, 0.5) is 11.4 Å². The van der Waals surface area contributed by atoms with Crippen molar-refractivity contribution in [2.75, 3.05) is 31.7 Å². The molecule has 0 aliphatic heterocycles. The fraction of sp³-hybridized carbons (Fsp3) is 0.462. The van der Waals surface area contributed by atoms with Crippen molar-refractivity contribution in [2.45, 2.75) is 63.2 Å². The van der Waals surface area contributed by atoms with Crippen LogP contribution in [0.2, 0.25) is 0 Å². The zero-order valence-electron chi connectivity index (χ0n) is 22.3. The summed E-state index contributed by atoms with van der Waals surface area (Å²) in [4.78, 5) is 12.1. The highest BCUT2D eigenvalue weighted by Gasteiger charge is 2.27. The van der Waals surface area contributed by atoms with Gasteiger partial charge in [0.15, 0.2) is 0 Å². The predicted octanol–water partition coefficient (Wildman–Crippen LogP) is 5.81. The molecule has 3 rings (SSSR count). The van der Waals surface area contributed by atoms with Crippen molar-refractivity contribution in [3.8, 4) is 0 Å². The van der Waals surface area contributed by atoms with Gasteiger partial charge in [-0.1, -0.05) is 39.8 Å². The van der Waals surface area contributed by atoms with Crippen LogP contribution in [0, 0.1) is 4.91 Å². The van der Waals surface area contributed by atoms with E-state index < -0.39 is 20.0 Å². The molecule has 0 saturated heterocycles. The third kappa shape index (κ3) is 5.55. The molecule has 0 aliphatic rings. The van der Waals surface area contributed by atoms with E-state index in [9.17, 15) is 26.9 Å². The molecule has 208 valence electrons. The Morgan fingerprint density at radius 3 is 1.50 bits per heavy atom. The van der Waals surface area contributed by atoms with Gasteiger partial charge in [-0.15, -0.1) is 4.91 Å². The number of anilines is 1. The van der Waals surface area contributed by atoms with Crippen LogP contribution in [0.3, 0.4) is 0 Å². The van der Waals surface area contributed by atoms with Crippen molar-refractivity contribution in [1.29, 1.82) is 0 Å². The summed E-state index contributed by atoms with van der Waals surface area (Å²) in [7, 11) is -7.67. The Hall–Kier alpha value is -2.64. The third-order valence-electron chi connectivity index (χ3n) is 6.40. The quantitative estimate of drug-likeness (QED) is 0.143. The largest absolute Gasteiger partial charge is 0.291 e. The summed E-state index contributed by atoms with van der Waals surface area (Å²) < 4.78 is 56.3. The maximum Gasteiger partial charge on any atom is 0.243 e. The molecular weight excluding hydrogens is 528 g/mol. The molecule has 0 aromatic heterocycles. The lowest BCUT2D eigenvalue weighted by atomic mass is 9.99. The molecule has 0 amide bonds. The predicted molar refractivity (Wildman–Crippen MR) is 151 cm³/mol. The summed E-state index contributed by atoms with van der Waals surface area (Å²) in [6.07, 6.45) is 2.60. The van der Waals surface area contributed by atoms with Gasteiger partial charge in [0.25, 0.3) is 0 Å². The summed E-state index contributed by atoms with van der Waals surface area (Å²) in [6.45, 7) is 9.05. The second-order valence-corrected chi connectivity index (χ2v) is 13.0. The zero-order chi connectivity index (χ0) is 28.1. The molecule has 10 nitrogen and oxygen atoms in total. The van der Waals surface area contributed by atoms with Gasteiger partial charge in [0.1, 0.15) is 5.69 Å². The van der Waals surface area contributed by atoms with Crippen LogP contribution in [0.1, 0.15) is 53.4 Å². The lowest BCUT2D eigenvalue weighted by molar-refractivity contribution is 0.390. The summed E-state index contributed by atoms with van der Waals surface area (Å²) in [5.41, 5.74) is 2.25. The fourth-order valence-electron chi connectivity index (χ4n) is 4.70. The van der Waals surface area contributed by atoms with E-state index in [-0.39, 0.29) is 37.3 Å².